The van der Waals surface area contributed by atoms with Gasteiger partial charge >= 0.3 is 5.97 Å². The van der Waals surface area contributed by atoms with Crippen LogP contribution in [-0.4, -0.2) is 46.5 Å². The van der Waals surface area contributed by atoms with E-state index < -0.39 is 17.9 Å². The van der Waals surface area contributed by atoms with Gasteiger partial charge in [-0.2, -0.15) is 5.10 Å². The number of carbonyl (C=O) groups is 2. The highest BCUT2D eigenvalue weighted by molar-refractivity contribution is 5.96. The summed E-state index contributed by atoms with van der Waals surface area (Å²) in [6.45, 7) is 4.82. The van der Waals surface area contributed by atoms with Gasteiger partial charge in [-0.3, -0.25) is 9.48 Å². The van der Waals surface area contributed by atoms with Crippen molar-refractivity contribution in [3.05, 3.63) is 52.8 Å². The monoisotopic (exact) mass is 345 g/mol. The number of ether oxygens (including phenoxy) is 1. The number of benzene rings is 1. The van der Waals surface area contributed by atoms with Gasteiger partial charge in [0, 0.05) is 31.4 Å². The van der Waals surface area contributed by atoms with Crippen LogP contribution in [-0.2, 0) is 16.1 Å². The maximum Gasteiger partial charge on any atom is 0.326 e. The Bertz CT molecular complexity index is 737. The van der Waals surface area contributed by atoms with Gasteiger partial charge in [0.2, 0.25) is 0 Å². The second kappa shape index (κ2) is 8.43. The van der Waals surface area contributed by atoms with Gasteiger partial charge in [0.25, 0.3) is 5.91 Å². The molecule has 25 heavy (non-hydrogen) atoms. The summed E-state index contributed by atoms with van der Waals surface area (Å²) in [5, 5.41) is 16.1. The molecule has 2 aromatic rings. The number of aryl methyl sites for hydroxylation is 2. The smallest absolute Gasteiger partial charge is 0.326 e. The van der Waals surface area contributed by atoms with E-state index in [2.05, 4.69) is 10.4 Å². The molecule has 0 bridgehead atoms. The zero-order valence-electron chi connectivity index (χ0n) is 14.7. The van der Waals surface area contributed by atoms with Gasteiger partial charge in [0.15, 0.2) is 0 Å². The highest BCUT2D eigenvalue weighted by Gasteiger charge is 2.20. The topological polar surface area (TPSA) is 93.5 Å². The van der Waals surface area contributed by atoms with E-state index in [4.69, 9.17) is 9.84 Å². The van der Waals surface area contributed by atoms with Crippen molar-refractivity contribution >= 4 is 11.9 Å². The van der Waals surface area contributed by atoms with E-state index >= 15 is 0 Å². The first kappa shape index (κ1) is 18.7. The molecular formula is C18H23N3O4. The number of nitrogens with zero attached hydrogens (tertiary/aromatic N) is 2. The molecule has 7 heteroatoms. The van der Waals surface area contributed by atoms with Gasteiger partial charge in [0.1, 0.15) is 6.04 Å². The third kappa shape index (κ3) is 5.15. The summed E-state index contributed by atoms with van der Waals surface area (Å²) in [6, 6.07) is 8.10. The first-order valence-corrected chi connectivity index (χ1v) is 8.03. The fourth-order valence-electron chi connectivity index (χ4n) is 2.50. The van der Waals surface area contributed by atoms with E-state index in [-0.39, 0.29) is 13.0 Å². The molecule has 1 unspecified atom stereocenters. The van der Waals surface area contributed by atoms with E-state index in [0.717, 1.165) is 17.0 Å². The lowest BCUT2D eigenvalue weighted by molar-refractivity contribution is -0.139. The molecule has 0 saturated carbocycles. The fourth-order valence-corrected chi connectivity index (χ4v) is 2.50. The zero-order chi connectivity index (χ0) is 18.4. The molecule has 1 amide bonds. The number of amides is 1. The first-order valence-electron chi connectivity index (χ1n) is 8.03. The lowest BCUT2D eigenvalue weighted by atomic mass is 10.1. The number of hydrogen-bond donors (Lipinski definition) is 2. The van der Waals surface area contributed by atoms with Crippen molar-refractivity contribution in [2.45, 2.75) is 32.9 Å². The van der Waals surface area contributed by atoms with Crippen molar-refractivity contribution in [1.29, 1.82) is 0 Å². The van der Waals surface area contributed by atoms with Crippen LogP contribution >= 0.6 is 0 Å². The molecule has 0 saturated heterocycles. The minimum Gasteiger partial charge on any atom is -0.480 e. The summed E-state index contributed by atoms with van der Waals surface area (Å²) in [6.07, 6.45) is 0.216. The Hall–Kier alpha value is -2.67. The molecular weight excluding hydrogens is 322 g/mol. The van der Waals surface area contributed by atoms with Crippen LogP contribution in [0.25, 0.3) is 0 Å². The summed E-state index contributed by atoms with van der Waals surface area (Å²) in [5.74, 6) is -1.49. The van der Waals surface area contributed by atoms with Crippen LogP contribution in [0.4, 0.5) is 0 Å². The molecule has 1 atom stereocenters. The number of aliphatic carboxylic acids is 1. The number of nitrogens with one attached hydrogen (secondary N) is 1. The van der Waals surface area contributed by atoms with Crippen LogP contribution in [0, 0.1) is 13.8 Å². The zero-order valence-corrected chi connectivity index (χ0v) is 14.7. The number of hydrogen-bond acceptors (Lipinski definition) is 4. The summed E-state index contributed by atoms with van der Waals surface area (Å²) < 4.78 is 6.77. The molecule has 1 aromatic carbocycles. The third-order valence-corrected chi connectivity index (χ3v) is 3.87. The normalized spacial score (nSPS) is 12.0. The van der Waals surface area contributed by atoms with E-state index in [1.807, 2.05) is 36.7 Å². The molecule has 0 aliphatic carbocycles. The van der Waals surface area contributed by atoms with Crippen molar-refractivity contribution in [1.82, 2.24) is 15.1 Å². The Morgan fingerprint density at radius 2 is 1.96 bits per heavy atom. The molecule has 7 nitrogen and oxygen atoms in total. The second-order valence-electron chi connectivity index (χ2n) is 5.93. The average molecular weight is 345 g/mol. The van der Waals surface area contributed by atoms with Crippen molar-refractivity contribution in [2.75, 3.05) is 13.7 Å². The lowest BCUT2D eigenvalue weighted by Gasteiger charge is -2.14. The standard InChI is InChI=1S/C18H23N3O4/c1-12-10-13(2)21(20-12)11-14-4-6-15(7-5-14)17(22)19-16(18(23)24)8-9-25-3/h4-7,10,16H,8-9,11H2,1-3H3,(H,19,22)(H,23,24). The summed E-state index contributed by atoms with van der Waals surface area (Å²) in [7, 11) is 1.49. The summed E-state index contributed by atoms with van der Waals surface area (Å²) in [4.78, 5) is 23.4. The van der Waals surface area contributed by atoms with Crippen molar-refractivity contribution in [3.8, 4) is 0 Å². The Kier molecular flexibility index (Phi) is 6.30. The molecule has 1 aromatic heterocycles. The van der Waals surface area contributed by atoms with Gasteiger partial charge in [-0.15, -0.1) is 0 Å². The maximum atomic E-state index is 12.2. The first-order chi connectivity index (χ1) is 11.9. The van der Waals surface area contributed by atoms with E-state index in [1.165, 1.54) is 7.11 Å². The Morgan fingerprint density at radius 1 is 1.28 bits per heavy atom. The molecule has 0 spiro atoms. The van der Waals surface area contributed by atoms with Gasteiger partial charge in [-0.25, -0.2) is 4.79 Å². The molecule has 2 rings (SSSR count). The molecule has 134 valence electrons. The second-order valence-corrected chi connectivity index (χ2v) is 5.93. The molecule has 2 N–H and O–H groups in total. The molecule has 0 aliphatic rings. The quantitative estimate of drug-likeness (QED) is 0.760. The van der Waals surface area contributed by atoms with Crippen molar-refractivity contribution < 1.29 is 19.4 Å². The Balaban J connectivity index is 2.01. The van der Waals surface area contributed by atoms with E-state index in [9.17, 15) is 9.59 Å². The largest absolute Gasteiger partial charge is 0.480 e. The lowest BCUT2D eigenvalue weighted by Crippen LogP contribution is -2.41. The minimum atomic E-state index is -1.08. The third-order valence-electron chi connectivity index (χ3n) is 3.87. The number of methoxy groups -OCH3 is 1. The number of carbonyl (C=O) groups excluding carboxylic acids is 1. The van der Waals surface area contributed by atoms with Crippen LogP contribution in [0.2, 0.25) is 0 Å². The van der Waals surface area contributed by atoms with Gasteiger partial charge in [0.05, 0.1) is 12.2 Å². The van der Waals surface area contributed by atoms with Crippen molar-refractivity contribution in [2.24, 2.45) is 0 Å². The van der Waals surface area contributed by atoms with Gasteiger partial charge < -0.3 is 15.2 Å². The predicted molar refractivity (Wildman–Crippen MR) is 92.6 cm³/mol. The van der Waals surface area contributed by atoms with Crippen LogP contribution in [0.15, 0.2) is 30.3 Å². The highest BCUT2D eigenvalue weighted by atomic mass is 16.5. The summed E-state index contributed by atoms with van der Waals surface area (Å²) >= 11 is 0. The minimum absolute atomic E-state index is 0.216. The van der Waals surface area contributed by atoms with Crippen LogP contribution < -0.4 is 5.32 Å². The van der Waals surface area contributed by atoms with Crippen molar-refractivity contribution in [3.63, 3.8) is 0 Å². The van der Waals surface area contributed by atoms with Crippen LogP contribution in [0.3, 0.4) is 0 Å². The van der Waals surface area contributed by atoms with Crippen LogP contribution in [0.1, 0.15) is 33.7 Å². The molecule has 1 heterocycles. The average Bonchev–Trinajstić information content (AvgIpc) is 2.89. The van der Waals surface area contributed by atoms with Gasteiger partial charge in [-0.1, -0.05) is 12.1 Å². The number of carboxylic acid groups (broad SMARTS) is 1. The summed E-state index contributed by atoms with van der Waals surface area (Å²) in [5.41, 5.74) is 3.46. The molecule has 0 aliphatic heterocycles. The van der Waals surface area contributed by atoms with Gasteiger partial charge in [-0.05, 0) is 37.6 Å². The molecule has 0 radical (unpaired) electrons. The Labute approximate surface area is 146 Å². The maximum absolute atomic E-state index is 12.2. The SMILES string of the molecule is COCCC(NC(=O)c1ccc(Cn2nc(C)cc2C)cc1)C(=O)O. The number of carboxylic acids is 1. The Morgan fingerprint density at radius 3 is 2.48 bits per heavy atom. The number of aromatic nitrogens is 2. The fraction of sp³-hybridized carbons (Fsp3) is 0.389. The van der Waals surface area contributed by atoms with E-state index in [1.54, 1.807) is 12.1 Å². The number of rotatable bonds is 8. The predicted octanol–water partition coefficient (Wildman–Crippen LogP) is 1.77. The van der Waals surface area contributed by atoms with E-state index in [0.29, 0.717) is 12.1 Å². The van der Waals surface area contributed by atoms with Crippen LogP contribution in [0.5, 0.6) is 0 Å². The molecule has 0 fully saturated rings. The highest BCUT2D eigenvalue weighted by Crippen LogP contribution is 2.10.